The number of fused-ring (bicyclic) bond motifs is 1. The maximum atomic E-state index is 11.5. The Labute approximate surface area is 99.3 Å². The van der Waals surface area contributed by atoms with Crippen molar-refractivity contribution in [3.05, 3.63) is 11.6 Å². The molecular formula is C12H16N2O3. The standard InChI is InChI=1S/C12H16N2O3/c1-2-16-12(15)9-10(13)17-11(14-9)8-4-6-3-7(6)5-8/h6-8H,2-5,13H2,1H3. The van der Waals surface area contributed by atoms with E-state index < -0.39 is 5.97 Å². The van der Waals surface area contributed by atoms with Crippen molar-refractivity contribution in [1.29, 1.82) is 0 Å². The highest BCUT2D eigenvalue weighted by atomic mass is 16.5. The Hall–Kier alpha value is -1.52. The molecular weight excluding hydrogens is 220 g/mol. The van der Waals surface area contributed by atoms with Gasteiger partial charge in [0.25, 0.3) is 0 Å². The Balaban J connectivity index is 1.78. The molecule has 5 heteroatoms. The van der Waals surface area contributed by atoms with Crippen LogP contribution >= 0.6 is 0 Å². The number of hydrogen-bond acceptors (Lipinski definition) is 5. The summed E-state index contributed by atoms with van der Waals surface area (Å²) in [5.74, 6) is 2.22. The maximum Gasteiger partial charge on any atom is 0.362 e. The molecule has 3 rings (SSSR count). The van der Waals surface area contributed by atoms with Gasteiger partial charge in [-0.2, -0.15) is 0 Å². The van der Waals surface area contributed by atoms with E-state index in [0.29, 0.717) is 18.4 Å². The molecule has 0 amide bonds. The van der Waals surface area contributed by atoms with Crippen LogP contribution in [0.15, 0.2) is 4.42 Å². The third kappa shape index (κ3) is 1.79. The zero-order valence-electron chi connectivity index (χ0n) is 9.81. The molecule has 0 radical (unpaired) electrons. The van der Waals surface area contributed by atoms with Crippen LogP contribution in [0.5, 0.6) is 0 Å². The molecule has 2 aliphatic carbocycles. The molecule has 1 aromatic heterocycles. The molecule has 2 atom stereocenters. The molecule has 17 heavy (non-hydrogen) atoms. The molecule has 0 bridgehead atoms. The van der Waals surface area contributed by atoms with Gasteiger partial charge in [0.1, 0.15) is 0 Å². The van der Waals surface area contributed by atoms with Crippen LogP contribution in [-0.4, -0.2) is 17.6 Å². The summed E-state index contributed by atoms with van der Waals surface area (Å²) in [6.07, 6.45) is 3.58. The van der Waals surface area contributed by atoms with Crippen LogP contribution in [0.25, 0.3) is 0 Å². The first-order valence-electron chi connectivity index (χ1n) is 6.12. The minimum atomic E-state index is -0.497. The fourth-order valence-electron chi connectivity index (χ4n) is 2.79. The number of rotatable bonds is 3. The van der Waals surface area contributed by atoms with Crippen LogP contribution in [-0.2, 0) is 4.74 Å². The van der Waals surface area contributed by atoms with Crippen LogP contribution in [0.4, 0.5) is 5.88 Å². The summed E-state index contributed by atoms with van der Waals surface area (Å²) in [4.78, 5) is 15.7. The minimum absolute atomic E-state index is 0.0824. The van der Waals surface area contributed by atoms with Gasteiger partial charge in [0.05, 0.1) is 6.61 Å². The summed E-state index contributed by atoms with van der Waals surface area (Å²) in [5.41, 5.74) is 5.78. The number of oxazole rings is 1. The van der Waals surface area contributed by atoms with Crippen LogP contribution in [0.3, 0.4) is 0 Å². The highest BCUT2D eigenvalue weighted by Crippen LogP contribution is 2.57. The van der Waals surface area contributed by atoms with E-state index in [1.807, 2.05) is 0 Å². The first-order valence-corrected chi connectivity index (χ1v) is 6.12. The molecule has 5 nitrogen and oxygen atoms in total. The van der Waals surface area contributed by atoms with Crippen molar-refractivity contribution in [2.45, 2.75) is 32.1 Å². The molecule has 2 saturated carbocycles. The number of esters is 1. The van der Waals surface area contributed by atoms with E-state index in [4.69, 9.17) is 14.9 Å². The van der Waals surface area contributed by atoms with Gasteiger partial charge in [0.15, 0.2) is 0 Å². The van der Waals surface area contributed by atoms with Gasteiger partial charge in [-0.1, -0.05) is 0 Å². The third-order valence-corrected chi connectivity index (χ3v) is 3.73. The smallest absolute Gasteiger partial charge is 0.362 e. The molecule has 0 saturated heterocycles. The van der Waals surface area contributed by atoms with E-state index in [2.05, 4.69) is 4.98 Å². The molecule has 2 aliphatic rings. The van der Waals surface area contributed by atoms with E-state index in [1.54, 1.807) is 6.92 Å². The van der Waals surface area contributed by atoms with Gasteiger partial charge in [-0.25, -0.2) is 9.78 Å². The monoisotopic (exact) mass is 236 g/mol. The summed E-state index contributed by atoms with van der Waals surface area (Å²) < 4.78 is 10.3. The zero-order valence-corrected chi connectivity index (χ0v) is 9.81. The van der Waals surface area contributed by atoms with E-state index in [-0.39, 0.29) is 11.6 Å². The van der Waals surface area contributed by atoms with Crippen molar-refractivity contribution in [3.8, 4) is 0 Å². The lowest BCUT2D eigenvalue weighted by molar-refractivity contribution is 0.0521. The number of anilines is 1. The molecule has 0 spiro atoms. The second-order valence-electron chi connectivity index (χ2n) is 4.91. The van der Waals surface area contributed by atoms with Crippen LogP contribution < -0.4 is 5.73 Å². The summed E-state index contributed by atoms with van der Waals surface area (Å²) in [5, 5.41) is 0. The topological polar surface area (TPSA) is 78.3 Å². The number of carbonyl (C=O) groups is 1. The van der Waals surface area contributed by atoms with Crippen molar-refractivity contribution >= 4 is 11.9 Å². The third-order valence-electron chi connectivity index (χ3n) is 3.73. The first-order chi connectivity index (χ1) is 8.19. The largest absolute Gasteiger partial charge is 0.461 e. The van der Waals surface area contributed by atoms with Gasteiger partial charge in [-0.15, -0.1) is 0 Å². The average molecular weight is 236 g/mol. The zero-order chi connectivity index (χ0) is 12.0. The molecule has 2 N–H and O–H groups in total. The molecule has 0 aromatic carbocycles. The van der Waals surface area contributed by atoms with Gasteiger partial charge < -0.3 is 14.9 Å². The second kappa shape index (κ2) is 3.75. The quantitative estimate of drug-likeness (QED) is 0.811. The molecule has 0 aliphatic heterocycles. The maximum absolute atomic E-state index is 11.5. The van der Waals surface area contributed by atoms with Crippen molar-refractivity contribution in [2.75, 3.05) is 12.3 Å². The number of nitrogens with zero attached hydrogens (tertiary/aromatic N) is 1. The number of carbonyl (C=O) groups excluding carboxylic acids is 1. The molecule has 1 heterocycles. The van der Waals surface area contributed by atoms with Crippen LogP contribution in [0.2, 0.25) is 0 Å². The van der Waals surface area contributed by atoms with Gasteiger partial charge in [0, 0.05) is 5.92 Å². The minimum Gasteiger partial charge on any atom is -0.461 e. The highest BCUT2D eigenvalue weighted by Gasteiger charge is 2.47. The predicted octanol–water partition coefficient (Wildman–Crippen LogP) is 1.95. The Morgan fingerprint density at radius 1 is 1.47 bits per heavy atom. The Kier molecular flexibility index (Phi) is 2.34. The number of hydrogen-bond donors (Lipinski definition) is 1. The lowest BCUT2D eigenvalue weighted by Gasteiger charge is -2.05. The Bertz CT molecular complexity index is 445. The van der Waals surface area contributed by atoms with Crippen LogP contribution in [0, 0.1) is 11.8 Å². The summed E-state index contributed by atoms with van der Waals surface area (Å²) in [6, 6.07) is 0. The van der Waals surface area contributed by atoms with Gasteiger partial charge in [-0.05, 0) is 38.0 Å². The number of ether oxygens (including phenoxy) is 1. The Morgan fingerprint density at radius 2 is 2.18 bits per heavy atom. The SMILES string of the molecule is CCOC(=O)c1nc(C2CC3CC3C2)oc1N. The first kappa shape index (κ1) is 10.6. The number of nitrogen functional groups attached to an aromatic ring is 1. The van der Waals surface area contributed by atoms with E-state index >= 15 is 0 Å². The van der Waals surface area contributed by atoms with E-state index in [9.17, 15) is 4.79 Å². The van der Waals surface area contributed by atoms with E-state index in [1.165, 1.54) is 6.42 Å². The van der Waals surface area contributed by atoms with Crippen molar-refractivity contribution in [2.24, 2.45) is 11.8 Å². The normalized spacial score (nSPS) is 30.1. The molecule has 92 valence electrons. The Morgan fingerprint density at radius 3 is 2.82 bits per heavy atom. The summed E-state index contributed by atoms with van der Waals surface area (Å²) in [7, 11) is 0. The van der Waals surface area contributed by atoms with E-state index in [0.717, 1.165) is 24.7 Å². The fourth-order valence-corrected chi connectivity index (χ4v) is 2.79. The van der Waals surface area contributed by atoms with Crippen molar-refractivity contribution in [3.63, 3.8) is 0 Å². The van der Waals surface area contributed by atoms with Crippen molar-refractivity contribution < 1.29 is 13.9 Å². The number of aromatic nitrogens is 1. The number of nitrogens with two attached hydrogens (primary N) is 1. The summed E-state index contributed by atoms with van der Waals surface area (Å²) >= 11 is 0. The second-order valence-corrected chi connectivity index (χ2v) is 4.91. The van der Waals surface area contributed by atoms with Crippen LogP contribution in [0.1, 0.15) is 48.5 Å². The molecule has 2 fully saturated rings. The van der Waals surface area contributed by atoms with Crippen molar-refractivity contribution in [1.82, 2.24) is 4.98 Å². The summed E-state index contributed by atoms with van der Waals surface area (Å²) in [6.45, 7) is 2.06. The molecule has 2 unspecified atom stereocenters. The lowest BCUT2D eigenvalue weighted by Crippen LogP contribution is -2.08. The highest BCUT2D eigenvalue weighted by molar-refractivity contribution is 5.91. The molecule has 1 aromatic rings. The van der Waals surface area contributed by atoms with Gasteiger partial charge in [-0.3, -0.25) is 0 Å². The van der Waals surface area contributed by atoms with Gasteiger partial charge in [0.2, 0.25) is 17.5 Å². The predicted molar refractivity (Wildman–Crippen MR) is 60.4 cm³/mol. The lowest BCUT2D eigenvalue weighted by atomic mass is 10.0. The van der Waals surface area contributed by atoms with Gasteiger partial charge >= 0.3 is 5.97 Å². The fraction of sp³-hybridized carbons (Fsp3) is 0.667. The average Bonchev–Trinajstić information content (AvgIpc) is 2.75.